The van der Waals surface area contributed by atoms with E-state index < -0.39 is 0 Å². The summed E-state index contributed by atoms with van der Waals surface area (Å²) in [7, 11) is 0. The van der Waals surface area contributed by atoms with Gasteiger partial charge in [-0.2, -0.15) is 0 Å². The first-order valence-electron chi connectivity index (χ1n) is 9.16. The molecule has 0 spiro atoms. The summed E-state index contributed by atoms with van der Waals surface area (Å²) in [5.74, 6) is 0.627. The number of fused-ring (bicyclic) bond motifs is 3. The van der Waals surface area contributed by atoms with Crippen molar-refractivity contribution in [2.75, 3.05) is 0 Å². The van der Waals surface area contributed by atoms with E-state index in [1.807, 2.05) is 0 Å². The fraction of sp³-hybridized carbons (Fsp3) is 0.364. The maximum atomic E-state index is 3.88. The summed E-state index contributed by atoms with van der Waals surface area (Å²) in [6, 6.07) is 20.4. The minimum Gasteiger partial charge on any atom is -0.358 e. The van der Waals surface area contributed by atoms with Gasteiger partial charge in [0.05, 0.1) is 0 Å². The molecule has 2 aromatic carbocycles. The molecule has 0 saturated carbocycles. The second-order valence-corrected chi connectivity index (χ2v) is 7.10. The molecule has 2 nitrogen and oxygen atoms in total. The number of hydrogen-bond acceptors (Lipinski definition) is 1. The first kappa shape index (κ1) is 15.5. The summed E-state index contributed by atoms with van der Waals surface area (Å²) in [5.41, 5.74) is 5.67. The van der Waals surface area contributed by atoms with Crippen molar-refractivity contribution in [3.8, 4) is 0 Å². The molecule has 0 fully saturated rings. The zero-order chi connectivity index (χ0) is 16.5. The second kappa shape index (κ2) is 6.45. The number of aromatic amines is 1. The molecule has 2 heteroatoms. The lowest BCUT2D eigenvalue weighted by molar-refractivity contribution is 0.373. The molecule has 3 atom stereocenters. The van der Waals surface area contributed by atoms with E-state index in [2.05, 4.69) is 78.7 Å². The van der Waals surface area contributed by atoms with Crippen LogP contribution in [0.5, 0.6) is 0 Å². The summed E-state index contributed by atoms with van der Waals surface area (Å²) in [5, 5.41) is 5.29. The Bertz CT molecular complexity index is 818. The smallest absolute Gasteiger partial charge is 0.0459 e. The average molecular weight is 318 g/mol. The van der Waals surface area contributed by atoms with Gasteiger partial charge in [-0.25, -0.2) is 0 Å². The molecule has 3 aromatic rings. The topological polar surface area (TPSA) is 27.8 Å². The van der Waals surface area contributed by atoms with Gasteiger partial charge in [0.25, 0.3) is 0 Å². The molecule has 1 heterocycles. The summed E-state index contributed by atoms with van der Waals surface area (Å²) in [6.45, 7) is 4.59. The van der Waals surface area contributed by atoms with Gasteiger partial charge >= 0.3 is 0 Å². The molecule has 1 aromatic heterocycles. The Kier molecular flexibility index (Phi) is 4.15. The predicted molar refractivity (Wildman–Crippen MR) is 101 cm³/mol. The number of hydrogen-bond donors (Lipinski definition) is 2. The number of aromatic nitrogens is 1. The largest absolute Gasteiger partial charge is 0.358 e. The highest BCUT2D eigenvalue weighted by Gasteiger charge is 2.29. The van der Waals surface area contributed by atoms with Crippen LogP contribution in [0.15, 0.2) is 54.6 Å². The molecule has 2 N–H and O–H groups in total. The molecule has 2 unspecified atom stereocenters. The molecule has 0 aliphatic heterocycles. The van der Waals surface area contributed by atoms with Crippen LogP contribution in [0.1, 0.15) is 55.5 Å². The Hall–Kier alpha value is -2.06. The van der Waals surface area contributed by atoms with E-state index in [4.69, 9.17) is 0 Å². The first-order chi connectivity index (χ1) is 11.8. The van der Waals surface area contributed by atoms with Gasteiger partial charge < -0.3 is 10.3 Å². The molecule has 0 radical (unpaired) electrons. The van der Waals surface area contributed by atoms with E-state index in [-0.39, 0.29) is 0 Å². The van der Waals surface area contributed by atoms with Gasteiger partial charge in [0.15, 0.2) is 0 Å². The van der Waals surface area contributed by atoms with Crippen molar-refractivity contribution in [2.45, 2.75) is 51.1 Å². The Morgan fingerprint density at radius 2 is 1.83 bits per heavy atom. The number of rotatable bonds is 4. The van der Waals surface area contributed by atoms with E-state index in [1.54, 1.807) is 0 Å². The van der Waals surface area contributed by atoms with Gasteiger partial charge in [-0.15, -0.1) is 0 Å². The van der Waals surface area contributed by atoms with Crippen molar-refractivity contribution in [3.63, 3.8) is 0 Å². The number of benzene rings is 2. The van der Waals surface area contributed by atoms with Gasteiger partial charge in [0, 0.05) is 34.6 Å². The molecule has 1 aliphatic carbocycles. The molecular weight excluding hydrogens is 292 g/mol. The zero-order valence-electron chi connectivity index (χ0n) is 14.5. The maximum Gasteiger partial charge on any atom is 0.0459 e. The predicted octanol–water partition coefficient (Wildman–Crippen LogP) is 5.33. The van der Waals surface area contributed by atoms with Crippen LogP contribution in [0.25, 0.3) is 10.9 Å². The average Bonchev–Trinajstić information content (AvgIpc) is 3.00. The third-order valence-corrected chi connectivity index (χ3v) is 5.55. The lowest BCUT2D eigenvalue weighted by Gasteiger charge is -2.32. The van der Waals surface area contributed by atoms with Crippen LogP contribution in [-0.4, -0.2) is 11.0 Å². The van der Waals surface area contributed by atoms with Crippen LogP contribution in [0.4, 0.5) is 0 Å². The second-order valence-electron chi connectivity index (χ2n) is 7.10. The molecule has 124 valence electrons. The highest BCUT2D eigenvalue weighted by atomic mass is 15.0. The minimum atomic E-state index is 0.389. The molecule has 1 aliphatic rings. The third-order valence-electron chi connectivity index (χ3n) is 5.55. The standard InChI is InChI=1S/C22H26N2/c1-3-16-13-18(23-15(2)17-9-5-4-6-10-17)14-20-19-11-7-8-12-21(19)24-22(16)20/h4-12,15-16,18,23-24H,3,13-14H2,1-2H3/t15?,16?,18-/m1/s1. The lowest BCUT2D eigenvalue weighted by atomic mass is 9.82. The molecule has 0 amide bonds. The Balaban J connectivity index is 1.61. The molecule has 0 bridgehead atoms. The fourth-order valence-electron chi connectivity index (χ4n) is 4.27. The van der Waals surface area contributed by atoms with Crippen molar-refractivity contribution in [2.24, 2.45) is 0 Å². The quantitative estimate of drug-likeness (QED) is 0.669. The maximum absolute atomic E-state index is 3.88. The molecule has 24 heavy (non-hydrogen) atoms. The van der Waals surface area contributed by atoms with Crippen LogP contribution in [0.2, 0.25) is 0 Å². The van der Waals surface area contributed by atoms with Crippen LogP contribution < -0.4 is 5.32 Å². The molecular formula is C22H26N2. The number of para-hydroxylation sites is 1. The van der Waals surface area contributed by atoms with E-state index in [0.717, 1.165) is 6.42 Å². The van der Waals surface area contributed by atoms with Gasteiger partial charge in [0.1, 0.15) is 0 Å². The van der Waals surface area contributed by atoms with Crippen molar-refractivity contribution < 1.29 is 0 Å². The summed E-state index contributed by atoms with van der Waals surface area (Å²) < 4.78 is 0. The minimum absolute atomic E-state index is 0.389. The molecule has 0 saturated heterocycles. The summed E-state index contributed by atoms with van der Waals surface area (Å²) in [6.07, 6.45) is 3.53. The number of nitrogens with one attached hydrogen (secondary N) is 2. The van der Waals surface area contributed by atoms with Crippen molar-refractivity contribution >= 4 is 10.9 Å². The Morgan fingerprint density at radius 1 is 1.08 bits per heavy atom. The summed E-state index contributed by atoms with van der Waals surface area (Å²) >= 11 is 0. The Morgan fingerprint density at radius 3 is 2.62 bits per heavy atom. The van der Waals surface area contributed by atoms with E-state index in [9.17, 15) is 0 Å². The van der Waals surface area contributed by atoms with Crippen LogP contribution >= 0.6 is 0 Å². The lowest BCUT2D eigenvalue weighted by Crippen LogP contribution is -2.37. The van der Waals surface area contributed by atoms with Gasteiger partial charge in [-0.3, -0.25) is 0 Å². The monoisotopic (exact) mass is 318 g/mol. The Labute approximate surface area is 144 Å². The van der Waals surface area contributed by atoms with Crippen molar-refractivity contribution in [3.05, 3.63) is 71.4 Å². The van der Waals surface area contributed by atoms with E-state index >= 15 is 0 Å². The highest BCUT2D eigenvalue weighted by Crippen LogP contribution is 2.38. The van der Waals surface area contributed by atoms with E-state index in [1.165, 1.54) is 40.6 Å². The van der Waals surface area contributed by atoms with Crippen molar-refractivity contribution in [1.29, 1.82) is 0 Å². The third kappa shape index (κ3) is 2.76. The van der Waals surface area contributed by atoms with Crippen LogP contribution in [-0.2, 0) is 6.42 Å². The first-order valence-corrected chi connectivity index (χ1v) is 9.16. The highest BCUT2D eigenvalue weighted by molar-refractivity contribution is 5.85. The van der Waals surface area contributed by atoms with Gasteiger partial charge in [-0.05, 0) is 43.4 Å². The van der Waals surface area contributed by atoms with Gasteiger partial charge in [0.2, 0.25) is 0 Å². The van der Waals surface area contributed by atoms with Gasteiger partial charge in [-0.1, -0.05) is 55.5 Å². The normalized spacial score (nSPS) is 21.6. The fourth-order valence-corrected chi connectivity index (χ4v) is 4.27. The van der Waals surface area contributed by atoms with E-state index in [0.29, 0.717) is 18.0 Å². The van der Waals surface area contributed by atoms with Crippen LogP contribution in [0, 0.1) is 0 Å². The number of H-pyrrole nitrogens is 1. The van der Waals surface area contributed by atoms with Crippen molar-refractivity contribution in [1.82, 2.24) is 10.3 Å². The molecule has 4 rings (SSSR count). The van der Waals surface area contributed by atoms with Crippen LogP contribution in [0.3, 0.4) is 0 Å². The summed E-state index contributed by atoms with van der Waals surface area (Å²) in [4.78, 5) is 3.69. The SMILES string of the molecule is CCC1C[C@@H](NC(C)c2ccccc2)Cc2c1[nH]c1ccccc21. The zero-order valence-corrected chi connectivity index (χ0v) is 14.5.